The zero-order valence-corrected chi connectivity index (χ0v) is 10.1. The lowest BCUT2D eigenvalue weighted by Crippen LogP contribution is -2.27. The maximum atomic E-state index is 10.9. The zero-order valence-electron chi connectivity index (χ0n) is 9.26. The molecule has 1 unspecified atom stereocenters. The molecule has 0 saturated heterocycles. The third-order valence-electron chi connectivity index (χ3n) is 1.76. The molecule has 0 aliphatic rings. The monoisotopic (exact) mass is 229 g/mol. The Labute approximate surface area is 92.6 Å². The largest absolute Gasteiger partial charge is 0.369 e. The number of tetrazole rings is 1. The van der Waals surface area contributed by atoms with Gasteiger partial charge in [0.05, 0.1) is 10.8 Å². The van der Waals surface area contributed by atoms with E-state index in [0.29, 0.717) is 5.16 Å². The Morgan fingerprint density at radius 2 is 2.13 bits per heavy atom. The number of amides is 1. The van der Waals surface area contributed by atoms with Crippen LogP contribution >= 0.6 is 11.8 Å². The molecule has 7 heteroatoms. The van der Waals surface area contributed by atoms with E-state index < -0.39 is 0 Å². The standard InChI is InChI=1S/C8H15N5OS/c1-5(6(9)14)15-7-10-11-12-13(7)8(2,3)4/h5H,1-4H3,(H2,9,14). The average molecular weight is 229 g/mol. The predicted octanol–water partition coefficient (Wildman–Crippen LogP) is 0.394. The van der Waals surface area contributed by atoms with Gasteiger partial charge in [-0.3, -0.25) is 4.79 Å². The molecular formula is C8H15N5OS. The molecule has 6 nitrogen and oxygen atoms in total. The molecule has 1 atom stereocenters. The second-order valence-corrected chi connectivity index (χ2v) is 5.51. The number of nitrogens with two attached hydrogens (primary N) is 1. The number of nitrogens with zero attached hydrogens (tertiary/aromatic N) is 4. The van der Waals surface area contributed by atoms with Gasteiger partial charge in [0.1, 0.15) is 0 Å². The van der Waals surface area contributed by atoms with Crippen molar-refractivity contribution in [3.8, 4) is 0 Å². The highest BCUT2D eigenvalue weighted by atomic mass is 32.2. The third kappa shape index (κ3) is 2.92. The number of thioether (sulfide) groups is 1. The van der Waals surface area contributed by atoms with Crippen LogP contribution in [-0.2, 0) is 10.3 Å². The van der Waals surface area contributed by atoms with Gasteiger partial charge in [0.15, 0.2) is 0 Å². The van der Waals surface area contributed by atoms with Gasteiger partial charge in [0.2, 0.25) is 11.1 Å². The zero-order chi connectivity index (χ0) is 11.6. The minimum absolute atomic E-state index is 0.205. The molecule has 1 aromatic heterocycles. The van der Waals surface area contributed by atoms with Gasteiger partial charge in [-0.25, -0.2) is 4.68 Å². The van der Waals surface area contributed by atoms with Crippen LogP contribution in [0.1, 0.15) is 27.7 Å². The van der Waals surface area contributed by atoms with Crippen molar-refractivity contribution < 1.29 is 4.79 Å². The molecule has 0 aromatic carbocycles. The topological polar surface area (TPSA) is 86.7 Å². The SMILES string of the molecule is CC(Sc1nnnn1C(C)(C)C)C(N)=O. The Bertz CT molecular complexity index is 356. The van der Waals surface area contributed by atoms with Gasteiger partial charge in [-0.15, -0.1) is 5.10 Å². The fraction of sp³-hybridized carbons (Fsp3) is 0.750. The number of primary amides is 1. The summed E-state index contributed by atoms with van der Waals surface area (Å²) in [4.78, 5) is 10.9. The minimum Gasteiger partial charge on any atom is -0.369 e. The van der Waals surface area contributed by atoms with Crippen molar-refractivity contribution in [3.05, 3.63) is 0 Å². The van der Waals surface area contributed by atoms with Crippen LogP contribution in [-0.4, -0.2) is 31.4 Å². The Hall–Kier alpha value is -1.11. The second-order valence-electron chi connectivity index (χ2n) is 4.21. The summed E-state index contributed by atoms with van der Waals surface area (Å²) in [5, 5.41) is 11.6. The fourth-order valence-corrected chi connectivity index (χ4v) is 1.82. The van der Waals surface area contributed by atoms with Crippen LogP contribution in [0.2, 0.25) is 0 Å². The summed E-state index contributed by atoms with van der Waals surface area (Å²) in [6.45, 7) is 7.70. The van der Waals surface area contributed by atoms with E-state index in [1.54, 1.807) is 11.6 Å². The first-order valence-corrected chi connectivity index (χ1v) is 5.45. The molecule has 1 aromatic rings. The van der Waals surface area contributed by atoms with Gasteiger partial charge in [-0.1, -0.05) is 11.8 Å². The number of hydrogen-bond donors (Lipinski definition) is 1. The third-order valence-corrected chi connectivity index (χ3v) is 2.81. The van der Waals surface area contributed by atoms with E-state index in [1.807, 2.05) is 20.8 Å². The summed E-state index contributed by atoms with van der Waals surface area (Å²) < 4.78 is 1.68. The Morgan fingerprint density at radius 1 is 1.53 bits per heavy atom. The van der Waals surface area contributed by atoms with Crippen molar-refractivity contribution in [2.75, 3.05) is 0 Å². The highest BCUT2D eigenvalue weighted by molar-refractivity contribution is 8.00. The molecule has 0 fully saturated rings. The summed E-state index contributed by atoms with van der Waals surface area (Å²) in [6, 6.07) is 0. The highest BCUT2D eigenvalue weighted by Crippen LogP contribution is 2.24. The van der Waals surface area contributed by atoms with Crippen LogP contribution in [0, 0.1) is 0 Å². The summed E-state index contributed by atoms with van der Waals surface area (Å²) in [5.74, 6) is -0.372. The van der Waals surface area contributed by atoms with Crippen LogP contribution in [0.3, 0.4) is 0 Å². The van der Waals surface area contributed by atoms with Crippen molar-refractivity contribution >= 4 is 17.7 Å². The molecule has 1 rings (SSSR count). The summed E-state index contributed by atoms with van der Waals surface area (Å²) in [7, 11) is 0. The molecule has 0 bridgehead atoms. The Balaban J connectivity index is 2.87. The van der Waals surface area contributed by atoms with Gasteiger partial charge < -0.3 is 5.73 Å². The van der Waals surface area contributed by atoms with Crippen LogP contribution < -0.4 is 5.73 Å². The highest BCUT2D eigenvalue weighted by Gasteiger charge is 2.22. The van der Waals surface area contributed by atoms with Gasteiger partial charge in [-0.2, -0.15) is 0 Å². The Kier molecular flexibility index (Phi) is 3.33. The van der Waals surface area contributed by atoms with Crippen LogP contribution in [0.5, 0.6) is 0 Å². The molecule has 0 aliphatic heterocycles. The quantitative estimate of drug-likeness (QED) is 0.758. The van der Waals surface area contributed by atoms with Gasteiger partial charge in [0.25, 0.3) is 0 Å². The maximum Gasteiger partial charge on any atom is 0.230 e. The number of carbonyl (C=O) groups excluding carboxylic acids is 1. The lowest BCUT2D eigenvalue weighted by Gasteiger charge is -2.20. The van der Waals surface area contributed by atoms with E-state index in [2.05, 4.69) is 15.5 Å². The van der Waals surface area contributed by atoms with Crippen molar-refractivity contribution in [2.45, 2.75) is 43.6 Å². The lowest BCUT2D eigenvalue weighted by atomic mass is 10.1. The lowest BCUT2D eigenvalue weighted by molar-refractivity contribution is -0.117. The van der Waals surface area contributed by atoms with E-state index in [4.69, 9.17) is 5.73 Å². The minimum atomic E-state index is -0.372. The second kappa shape index (κ2) is 4.18. The van der Waals surface area contributed by atoms with Crippen molar-refractivity contribution in [1.82, 2.24) is 20.2 Å². The molecular weight excluding hydrogens is 214 g/mol. The fourth-order valence-electron chi connectivity index (χ4n) is 0.890. The van der Waals surface area contributed by atoms with Crippen molar-refractivity contribution in [2.24, 2.45) is 5.73 Å². The van der Waals surface area contributed by atoms with E-state index in [9.17, 15) is 4.79 Å². The van der Waals surface area contributed by atoms with Crippen molar-refractivity contribution in [3.63, 3.8) is 0 Å². The molecule has 1 amide bonds. The van der Waals surface area contributed by atoms with Crippen LogP contribution in [0.15, 0.2) is 5.16 Å². The number of aromatic nitrogens is 4. The van der Waals surface area contributed by atoms with E-state index in [0.717, 1.165) is 0 Å². The van der Waals surface area contributed by atoms with Gasteiger partial charge in [-0.05, 0) is 38.1 Å². The van der Waals surface area contributed by atoms with Crippen LogP contribution in [0.25, 0.3) is 0 Å². The average Bonchev–Trinajstić information content (AvgIpc) is 2.50. The first-order chi connectivity index (χ1) is 6.82. The van der Waals surface area contributed by atoms with Crippen LogP contribution in [0.4, 0.5) is 0 Å². The molecule has 0 saturated carbocycles. The molecule has 2 N–H and O–H groups in total. The summed E-state index contributed by atoms with van der Waals surface area (Å²) in [5.41, 5.74) is 4.97. The number of hydrogen-bond acceptors (Lipinski definition) is 5. The molecule has 1 heterocycles. The molecule has 15 heavy (non-hydrogen) atoms. The first-order valence-electron chi connectivity index (χ1n) is 4.57. The van der Waals surface area contributed by atoms with E-state index in [1.165, 1.54) is 11.8 Å². The first kappa shape index (κ1) is 12.0. The summed E-state index contributed by atoms with van der Waals surface area (Å²) in [6.07, 6.45) is 0. The smallest absolute Gasteiger partial charge is 0.230 e. The van der Waals surface area contributed by atoms with E-state index in [-0.39, 0.29) is 16.7 Å². The van der Waals surface area contributed by atoms with Gasteiger partial charge in [0, 0.05) is 0 Å². The van der Waals surface area contributed by atoms with E-state index >= 15 is 0 Å². The molecule has 0 aliphatic carbocycles. The summed E-state index contributed by atoms with van der Waals surface area (Å²) >= 11 is 1.26. The molecule has 84 valence electrons. The van der Waals surface area contributed by atoms with Gasteiger partial charge >= 0.3 is 0 Å². The predicted molar refractivity (Wildman–Crippen MR) is 57.3 cm³/mol. The maximum absolute atomic E-state index is 10.9. The normalized spacial score (nSPS) is 13.9. The van der Waals surface area contributed by atoms with Crippen molar-refractivity contribution in [1.29, 1.82) is 0 Å². The Morgan fingerprint density at radius 3 is 2.60 bits per heavy atom. The number of carbonyl (C=O) groups is 1. The number of rotatable bonds is 3. The molecule has 0 spiro atoms. The molecule has 0 radical (unpaired) electrons.